The van der Waals surface area contributed by atoms with Crippen LogP contribution in [0.25, 0.3) is 10.8 Å². The Morgan fingerprint density at radius 3 is 2.71 bits per heavy atom. The first kappa shape index (κ1) is 10.8. The average Bonchev–Trinajstić information content (AvgIpc) is 2.39. The van der Waals surface area contributed by atoms with Gasteiger partial charge >= 0.3 is 0 Å². The smallest absolute Gasteiger partial charge is 0.00159 e. The quantitative estimate of drug-likeness (QED) is 0.717. The summed E-state index contributed by atoms with van der Waals surface area (Å²) in [7, 11) is 2.22. The number of hydrogen-bond acceptors (Lipinski definition) is 1. The molecule has 0 saturated carbocycles. The van der Waals surface area contributed by atoms with Crippen LogP contribution in [0.5, 0.6) is 0 Å². The molecular formula is C16H18N. The molecule has 17 heavy (non-hydrogen) atoms. The van der Waals surface area contributed by atoms with Gasteiger partial charge < -0.3 is 4.90 Å². The number of likely N-dealkylation sites (tertiary alicyclic amines) is 1. The SMILES string of the molecule is CN1CCC(c2cc[c]c3ccccc23)CC1. The van der Waals surface area contributed by atoms with Gasteiger partial charge in [-0.15, -0.1) is 0 Å². The van der Waals surface area contributed by atoms with Gasteiger partial charge in [-0.05, 0) is 61.3 Å². The fraction of sp³-hybridized carbons (Fsp3) is 0.375. The molecule has 1 heteroatoms. The minimum Gasteiger partial charge on any atom is -0.306 e. The van der Waals surface area contributed by atoms with Gasteiger partial charge in [0.15, 0.2) is 0 Å². The van der Waals surface area contributed by atoms with E-state index in [0.717, 1.165) is 5.92 Å². The van der Waals surface area contributed by atoms with Gasteiger partial charge in [0, 0.05) is 0 Å². The van der Waals surface area contributed by atoms with Crippen LogP contribution in [0.4, 0.5) is 0 Å². The molecule has 0 aromatic heterocycles. The molecule has 2 aromatic carbocycles. The third-order valence-electron chi connectivity index (χ3n) is 3.90. The highest BCUT2D eigenvalue weighted by Crippen LogP contribution is 2.32. The lowest BCUT2D eigenvalue weighted by Gasteiger charge is -2.29. The van der Waals surface area contributed by atoms with Crippen molar-refractivity contribution in [2.24, 2.45) is 0 Å². The zero-order valence-electron chi connectivity index (χ0n) is 10.3. The fourth-order valence-electron chi connectivity index (χ4n) is 2.85. The monoisotopic (exact) mass is 224 g/mol. The summed E-state index contributed by atoms with van der Waals surface area (Å²) in [6, 6.07) is 16.3. The molecular weight excluding hydrogens is 206 g/mol. The molecule has 0 N–H and O–H groups in total. The summed E-state index contributed by atoms with van der Waals surface area (Å²) in [5, 5.41) is 2.65. The number of fused-ring (bicyclic) bond motifs is 1. The second-order valence-corrected chi connectivity index (χ2v) is 5.06. The van der Waals surface area contributed by atoms with E-state index in [0.29, 0.717) is 0 Å². The van der Waals surface area contributed by atoms with Crippen molar-refractivity contribution in [1.29, 1.82) is 0 Å². The van der Waals surface area contributed by atoms with E-state index >= 15 is 0 Å². The van der Waals surface area contributed by atoms with Crippen LogP contribution in [0.3, 0.4) is 0 Å². The van der Waals surface area contributed by atoms with Gasteiger partial charge in [0.05, 0.1) is 0 Å². The first-order valence-electron chi connectivity index (χ1n) is 6.42. The molecule has 0 aliphatic carbocycles. The van der Waals surface area contributed by atoms with Gasteiger partial charge in [0.2, 0.25) is 0 Å². The standard InChI is InChI=1S/C16H18N/c1-17-11-9-14(10-12-17)16-8-4-6-13-5-2-3-7-15(13)16/h2-5,7-8,14H,9-12H2,1H3. The maximum absolute atomic E-state index is 3.33. The molecule has 1 aliphatic rings. The van der Waals surface area contributed by atoms with Gasteiger partial charge in [-0.3, -0.25) is 0 Å². The Hall–Kier alpha value is -1.34. The molecule has 1 fully saturated rings. The van der Waals surface area contributed by atoms with E-state index in [1.807, 2.05) is 0 Å². The second-order valence-electron chi connectivity index (χ2n) is 5.06. The van der Waals surface area contributed by atoms with Crippen molar-refractivity contribution < 1.29 is 0 Å². The molecule has 2 aromatic rings. The van der Waals surface area contributed by atoms with Crippen LogP contribution in [0, 0.1) is 6.07 Å². The molecule has 1 aliphatic heterocycles. The zero-order valence-corrected chi connectivity index (χ0v) is 10.3. The lowest BCUT2D eigenvalue weighted by molar-refractivity contribution is 0.256. The highest BCUT2D eigenvalue weighted by Gasteiger charge is 2.19. The van der Waals surface area contributed by atoms with E-state index in [-0.39, 0.29) is 0 Å². The molecule has 3 rings (SSSR count). The summed E-state index contributed by atoms with van der Waals surface area (Å²) in [4.78, 5) is 2.42. The summed E-state index contributed by atoms with van der Waals surface area (Å²) in [5.74, 6) is 0.727. The minimum absolute atomic E-state index is 0.727. The van der Waals surface area contributed by atoms with E-state index in [2.05, 4.69) is 54.4 Å². The van der Waals surface area contributed by atoms with Crippen LogP contribution in [-0.4, -0.2) is 25.0 Å². The lowest BCUT2D eigenvalue weighted by Crippen LogP contribution is -2.29. The minimum atomic E-state index is 0.727. The largest absolute Gasteiger partial charge is 0.306 e. The van der Waals surface area contributed by atoms with Gasteiger partial charge in [0.1, 0.15) is 0 Å². The van der Waals surface area contributed by atoms with Gasteiger partial charge in [0.25, 0.3) is 0 Å². The number of nitrogens with zero attached hydrogens (tertiary/aromatic N) is 1. The van der Waals surface area contributed by atoms with Crippen molar-refractivity contribution in [1.82, 2.24) is 4.90 Å². The molecule has 0 unspecified atom stereocenters. The van der Waals surface area contributed by atoms with Crippen LogP contribution in [0.1, 0.15) is 24.3 Å². The van der Waals surface area contributed by atoms with Crippen molar-refractivity contribution in [2.75, 3.05) is 20.1 Å². The molecule has 0 atom stereocenters. The van der Waals surface area contributed by atoms with Crippen molar-refractivity contribution >= 4 is 10.8 Å². The predicted octanol–water partition coefficient (Wildman–Crippen LogP) is 3.45. The Kier molecular flexibility index (Phi) is 2.86. The summed E-state index contributed by atoms with van der Waals surface area (Å²) in [5.41, 5.74) is 1.52. The van der Waals surface area contributed by atoms with E-state index < -0.39 is 0 Å². The number of benzene rings is 2. The zero-order chi connectivity index (χ0) is 11.7. The van der Waals surface area contributed by atoms with Crippen LogP contribution < -0.4 is 0 Å². The van der Waals surface area contributed by atoms with Crippen LogP contribution in [-0.2, 0) is 0 Å². The second kappa shape index (κ2) is 4.50. The highest BCUT2D eigenvalue weighted by atomic mass is 15.1. The molecule has 1 heterocycles. The van der Waals surface area contributed by atoms with Gasteiger partial charge in [-0.25, -0.2) is 0 Å². The molecule has 0 spiro atoms. The van der Waals surface area contributed by atoms with E-state index in [1.54, 1.807) is 0 Å². The van der Waals surface area contributed by atoms with Crippen LogP contribution in [0.15, 0.2) is 36.4 Å². The first-order valence-corrected chi connectivity index (χ1v) is 6.42. The Balaban J connectivity index is 2.00. The van der Waals surface area contributed by atoms with E-state index in [1.165, 1.54) is 42.3 Å². The van der Waals surface area contributed by atoms with E-state index in [9.17, 15) is 0 Å². The molecule has 87 valence electrons. The summed E-state index contributed by atoms with van der Waals surface area (Å²) in [6.07, 6.45) is 2.56. The average molecular weight is 224 g/mol. The van der Waals surface area contributed by atoms with Crippen molar-refractivity contribution in [3.05, 3.63) is 48.0 Å². The molecule has 1 saturated heterocycles. The summed E-state index contributed by atoms with van der Waals surface area (Å²) in [6.45, 7) is 2.44. The van der Waals surface area contributed by atoms with Crippen molar-refractivity contribution in [2.45, 2.75) is 18.8 Å². The Bertz CT molecular complexity index is 504. The predicted molar refractivity (Wildman–Crippen MR) is 72.3 cm³/mol. The maximum atomic E-state index is 3.33. The fourth-order valence-corrected chi connectivity index (χ4v) is 2.85. The third kappa shape index (κ3) is 2.07. The van der Waals surface area contributed by atoms with Crippen molar-refractivity contribution in [3.63, 3.8) is 0 Å². The first-order chi connectivity index (χ1) is 8.34. The van der Waals surface area contributed by atoms with Crippen LogP contribution in [0.2, 0.25) is 0 Å². The number of piperidine rings is 1. The van der Waals surface area contributed by atoms with Gasteiger partial charge in [-0.1, -0.05) is 36.4 Å². The highest BCUT2D eigenvalue weighted by molar-refractivity contribution is 5.85. The normalized spacial score (nSPS) is 18.6. The Labute approximate surface area is 103 Å². The number of hydrogen-bond donors (Lipinski definition) is 0. The van der Waals surface area contributed by atoms with E-state index in [4.69, 9.17) is 0 Å². The molecule has 1 radical (unpaired) electrons. The third-order valence-corrected chi connectivity index (χ3v) is 3.90. The number of rotatable bonds is 1. The topological polar surface area (TPSA) is 3.24 Å². The summed E-state index contributed by atoms with van der Waals surface area (Å²) >= 11 is 0. The molecule has 0 bridgehead atoms. The molecule has 1 nitrogen and oxygen atoms in total. The van der Waals surface area contributed by atoms with Gasteiger partial charge in [-0.2, -0.15) is 0 Å². The Morgan fingerprint density at radius 1 is 1.12 bits per heavy atom. The molecule has 0 amide bonds. The maximum Gasteiger partial charge on any atom is -0.00159 e. The summed E-state index contributed by atoms with van der Waals surface area (Å²) < 4.78 is 0. The van der Waals surface area contributed by atoms with Crippen LogP contribution >= 0.6 is 0 Å². The van der Waals surface area contributed by atoms with Crippen molar-refractivity contribution in [3.8, 4) is 0 Å². The lowest BCUT2D eigenvalue weighted by atomic mass is 9.86. The Morgan fingerprint density at radius 2 is 1.88 bits per heavy atom.